The lowest BCUT2D eigenvalue weighted by Crippen LogP contribution is -2.46. The van der Waals surface area contributed by atoms with E-state index in [1.54, 1.807) is 0 Å². The first-order valence-electron chi connectivity index (χ1n) is 8.18. The minimum absolute atomic E-state index is 0.0220. The third-order valence-electron chi connectivity index (χ3n) is 4.29. The number of aromatic nitrogens is 2. The average molecular weight is 327 g/mol. The maximum Gasteiger partial charge on any atom is 0.254 e. The second-order valence-corrected chi connectivity index (χ2v) is 6.12. The van der Waals surface area contributed by atoms with Crippen molar-refractivity contribution < 1.29 is 9.90 Å². The van der Waals surface area contributed by atoms with E-state index in [0.29, 0.717) is 12.1 Å². The third kappa shape index (κ3) is 3.96. The highest BCUT2D eigenvalue weighted by molar-refractivity contribution is 5.79. The number of aliphatic hydroxyl groups is 1. The van der Waals surface area contributed by atoms with Crippen LogP contribution in [0.4, 0.5) is 0 Å². The molecular weight excluding hydrogens is 306 g/mol. The summed E-state index contributed by atoms with van der Waals surface area (Å²) in [6, 6.07) is 10.6. The predicted octanol–water partition coefficient (Wildman–Crippen LogP) is 0.982. The molecule has 1 aliphatic rings. The number of nitrogens with zero attached hydrogens (tertiary/aromatic N) is 2. The Balaban J connectivity index is 1.67. The number of hydrogen-bond acceptors (Lipinski definition) is 5. The van der Waals surface area contributed by atoms with Crippen LogP contribution in [0.2, 0.25) is 0 Å². The zero-order chi connectivity index (χ0) is 16.9. The topological polar surface area (TPSA) is 84.2 Å². The summed E-state index contributed by atoms with van der Waals surface area (Å²) in [6.45, 7) is 0.786. The summed E-state index contributed by atoms with van der Waals surface area (Å²) in [5.41, 5.74) is 1.20. The number of benzene rings is 1. The van der Waals surface area contributed by atoms with E-state index in [2.05, 4.69) is 10.3 Å². The standard InChI is InChI=1S/C18H21N3O3/c22-14(9-16-17(23)7-4-8-19-16)11-21-12-20-15(10-18(21)24)13-5-2-1-3-6-13/h1-3,5-6,10,12,16-17,19,23H,4,7-9,11H2/t16?,17-/m0/s1. The largest absolute Gasteiger partial charge is 0.391 e. The molecule has 0 amide bonds. The van der Waals surface area contributed by atoms with Gasteiger partial charge < -0.3 is 10.4 Å². The lowest BCUT2D eigenvalue weighted by molar-refractivity contribution is -0.121. The van der Waals surface area contributed by atoms with Crippen LogP contribution in [0.5, 0.6) is 0 Å². The van der Waals surface area contributed by atoms with Gasteiger partial charge in [-0.3, -0.25) is 14.2 Å². The Bertz CT molecular complexity index is 758. The average Bonchev–Trinajstić information content (AvgIpc) is 2.59. The molecule has 1 aromatic carbocycles. The zero-order valence-corrected chi connectivity index (χ0v) is 13.4. The summed E-state index contributed by atoms with van der Waals surface area (Å²) in [7, 11) is 0. The van der Waals surface area contributed by atoms with Gasteiger partial charge in [-0.15, -0.1) is 0 Å². The number of carbonyl (C=O) groups is 1. The lowest BCUT2D eigenvalue weighted by atomic mass is 9.97. The highest BCUT2D eigenvalue weighted by Gasteiger charge is 2.24. The van der Waals surface area contributed by atoms with Crippen LogP contribution >= 0.6 is 0 Å². The van der Waals surface area contributed by atoms with Crippen LogP contribution < -0.4 is 10.9 Å². The molecule has 2 atom stereocenters. The highest BCUT2D eigenvalue weighted by Crippen LogP contribution is 2.14. The van der Waals surface area contributed by atoms with E-state index in [1.165, 1.54) is 17.0 Å². The number of carbonyl (C=O) groups excluding carboxylic acids is 1. The Labute approximate surface area is 140 Å². The maximum absolute atomic E-state index is 12.2. The van der Waals surface area contributed by atoms with E-state index in [0.717, 1.165) is 18.5 Å². The molecule has 0 spiro atoms. The third-order valence-corrected chi connectivity index (χ3v) is 4.29. The molecule has 24 heavy (non-hydrogen) atoms. The first-order valence-corrected chi connectivity index (χ1v) is 8.18. The van der Waals surface area contributed by atoms with E-state index in [1.807, 2.05) is 30.3 Å². The quantitative estimate of drug-likeness (QED) is 0.855. The highest BCUT2D eigenvalue weighted by atomic mass is 16.3. The molecule has 2 aromatic rings. The molecule has 3 rings (SSSR count). The molecule has 6 nitrogen and oxygen atoms in total. The molecule has 2 heterocycles. The number of hydrogen-bond donors (Lipinski definition) is 2. The first kappa shape index (κ1) is 16.5. The van der Waals surface area contributed by atoms with Gasteiger partial charge in [-0.05, 0) is 19.4 Å². The zero-order valence-electron chi connectivity index (χ0n) is 13.4. The molecule has 1 unspecified atom stereocenters. The molecule has 1 saturated heterocycles. The van der Waals surface area contributed by atoms with Gasteiger partial charge in [-0.25, -0.2) is 4.98 Å². The molecule has 1 fully saturated rings. The van der Waals surface area contributed by atoms with E-state index >= 15 is 0 Å². The van der Waals surface area contributed by atoms with Gasteiger partial charge in [0.1, 0.15) is 0 Å². The van der Waals surface area contributed by atoms with Gasteiger partial charge in [0, 0.05) is 24.1 Å². The van der Waals surface area contributed by atoms with Crippen molar-refractivity contribution in [1.82, 2.24) is 14.9 Å². The van der Waals surface area contributed by atoms with Crippen molar-refractivity contribution in [2.24, 2.45) is 0 Å². The van der Waals surface area contributed by atoms with Crippen molar-refractivity contribution in [1.29, 1.82) is 0 Å². The predicted molar refractivity (Wildman–Crippen MR) is 90.6 cm³/mol. The Morgan fingerprint density at radius 1 is 1.33 bits per heavy atom. The molecule has 126 valence electrons. The van der Waals surface area contributed by atoms with Crippen molar-refractivity contribution in [2.75, 3.05) is 6.54 Å². The van der Waals surface area contributed by atoms with Crippen LogP contribution in [0.25, 0.3) is 11.3 Å². The summed E-state index contributed by atoms with van der Waals surface area (Å²) in [5, 5.41) is 13.1. The summed E-state index contributed by atoms with van der Waals surface area (Å²) in [6.07, 6.45) is 2.74. The van der Waals surface area contributed by atoms with Gasteiger partial charge in [0.05, 0.1) is 24.7 Å². The molecule has 2 N–H and O–H groups in total. The number of ketones is 1. The first-order chi connectivity index (χ1) is 11.6. The second kappa shape index (κ2) is 7.51. The van der Waals surface area contributed by atoms with Gasteiger partial charge in [0.25, 0.3) is 5.56 Å². The minimum atomic E-state index is -0.502. The Kier molecular flexibility index (Phi) is 5.17. The van der Waals surface area contributed by atoms with Gasteiger partial charge in [0.15, 0.2) is 5.78 Å². The molecular formula is C18H21N3O3. The fourth-order valence-corrected chi connectivity index (χ4v) is 2.96. The van der Waals surface area contributed by atoms with Gasteiger partial charge >= 0.3 is 0 Å². The van der Waals surface area contributed by atoms with Crippen molar-refractivity contribution in [2.45, 2.75) is 38.0 Å². The van der Waals surface area contributed by atoms with Crippen molar-refractivity contribution in [3.8, 4) is 11.3 Å². The molecule has 0 radical (unpaired) electrons. The smallest absolute Gasteiger partial charge is 0.254 e. The minimum Gasteiger partial charge on any atom is -0.391 e. The van der Waals surface area contributed by atoms with E-state index in [-0.39, 0.29) is 30.3 Å². The van der Waals surface area contributed by atoms with Crippen molar-refractivity contribution >= 4 is 5.78 Å². The van der Waals surface area contributed by atoms with Crippen LogP contribution in [0, 0.1) is 0 Å². The van der Waals surface area contributed by atoms with Crippen LogP contribution in [-0.4, -0.2) is 39.1 Å². The van der Waals surface area contributed by atoms with Gasteiger partial charge in [0.2, 0.25) is 0 Å². The number of piperidine rings is 1. The summed E-state index contributed by atoms with van der Waals surface area (Å²) >= 11 is 0. The Hall–Kier alpha value is -2.31. The number of aliphatic hydroxyl groups excluding tert-OH is 1. The lowest BCUT2D eigenvalue weighted by Gasteiger charge is -2.28. The molecule has 0 saturated carbocycles. The Morgan fingerprint density at radius 3 is 2.83 bits per heavy atom. The summed E-state index contributed by atoms with van der Waals surface area (Å²) in [5.74, 6) is -0.0928. The van der Waals surface area contributed by atoms with E-state index in [9.17, 15) is 14.7 Å². The van der Waals surface area contributed by atoms with E-state index in [4.69, 9.17) is 0 Å². The van der Waals surface area contributed by atoms with Gasteiger partial charge in [-0.2, -0.15) is 0 Å². The van der Waals surface area contributed by atoms with Crippen LogP contribution in [0.3, 0.4) is 0 Å². The maximum atomic E-state index is 12.2. The Morgan fingerprint density at radius 2 is 2.12 bits per heavy atom. The molecule has 1 aromatic heterocycles. The summed E-state index contributed by atoms with van der Waals surface area (Å²) in [4.78, 5) is 28.7. The van der Waals surface area contributed by atoms with E-state index < -0.39 is 6.10 Å². The normalized spacial score (nSPS) is 20.7. The van der Waals surface area contributed by atoms with Crippen LogP contribution in [0.1, 0.15) is 19.3 Å². The fourth-order valence-electron chi connectivity index (χ4n) is 2.96. The van der Waals surface area contributed by atoms with Crippen LogP contribution in [-0.2, 0) is 11.3 Å². The number of Topliss-reactive ketones (excluding diaryl/α,β-unsaturated/α-hetero) is 1. The monoisotopic (exact) mass is 327 g/mol. The fraction of sp³-hybridized carbons (Fsp3) is 0.389. The van der Waals surface area contributed by atoms with Crippen LogP contribution in [0.15, 0.2) is 47.5 Å². The number of nitrogens with one attached hydrogen (secondary N) is 1. The molecule has 6 heteroatoms. The molecule has 0 bridgehead atoms. The van der Waals surface area contributed by atoms with Gasteiger partial charge in [-0.1, -0.05) is 30.3 Å². The second-order valence-electron chi connectivity index (χ2n) is 6.12. The van der Waals surface area contributed by atoms with Crippen molar-refractivity contribution in [3.05, 3.63) is 53.1 Å². The molecule has 0 aliphatic carbocycles. The molecule has 1 aliphatic heterocycles. The summed E-state index contributed by atoms with van der Waals surface area (Å²) < 4.78 is 1.31. The SMILES string of the molecule is O=C(CC1NCCC[C@@H]1O)Cn1cnc(-c2ccccc2)cc1=O. The number of rotatable bonds is 5. The van der Waals surface area contributed by atoms with Crippen molar-refractivity contribution in [3.63, 3.8) is 0 Å².